The molecule has 1 fully saturated rings. The van der Waals surface area contributed by atoms with E-state index in [-0.39, 0.29) is 0 Å². The normalized spacial score (nSPS) is 14.5. The third kappa shape index (κ3) is 3.30. The number of nitrogens with one attached hydrogen (secondary N) is 1. The number of benzene rings is 2. The summed E-state index contributed by atoms with van der Waals surface area (Å²) in [4.78, 5) is 6.99. The van der Waals surface area contributed by atoms with Crippen molar-refractivity contribution in [1.82, 2.24) is 4.98 Å². The molecule has 134 valence electrons. The zero-order valence-electron chi connectivity index (χ0n) is 15.2. The van der Waals surface area contributed by atoms with E-state index in [1.165, 1.54) is 5.69 Å². The second kappa shape index (κ2) is 7.22. The number of rotatable bonds is 4. The predicted molar refractivity (Wildman–Crippen MR) is 106 cm³/mol. The molecule has 5 nitrogen and oxygen atoms in total. The molecule has 3 aromatic rings. The molecule has 1 aromatic heterocycles. The Hall–Kier alpha value is -2.79. The second-order valence-electron chi connectivity index (χ2n) is 6.44. The summed E-state index contributed by atoms with van der Waals surface area (Å²) in [7, 11) is 1.68. The third-order valence-electron chi connectivity index (χ3n) is 4.67. The van der Waals surface area contributed by atoms with Crippen LogP contribution in [-0.4, -0.2) is 38.4 Å². The molecule has 26 heavy (non-hydrogen) atoms. The Balaban J connectivity index is 1.62. The van der Waals surface area contributed by atoms with E-state index in [4.69, 9.17) is 9.47 Å². The number of pyridine rings is 1. The second-order valence-corrected chi connectivity index (χ2v) is 6.44. The van der Waals surface area contributed by atoms with Crippen LogP contribution in [-0.2, 0) is 4.74 Å². The highest BCUT2D eigenvalue weighted by Crippen LogP contribution is 2.32. The molecular formula is C21H23N3O2. The number of fused-ring (bicyclic) bond motifs is 1. The summed E-state index contributed by atoms with van der Waals surface area (Å²) < 4.78 is 10.9. The van der Waals surface area contributed by atoms with Gasteiger partial charge in [0.2, 0.25) is 0 Å². The Kier molecular flexibility index (Phi) is 4.63. The third-order valence-corrected chi connectivity index (χ3v) is 4.67. The maximum atomic E-state index is 5.46. The minimum atomic E-state index is 0.789. The van der Waals surface area contributed by atoms with Crippen LogP contribution in [0.5, 0.6) is 5.75 Å². The summed E-state index contributed by atoms with van der Waals surface area (Å²) >= 11 is 0. The highest BCUT2D eigenvalue weighted by Gasteiger charge is 2.12. The van der Waals surface area contributed by atoms with Gasteiger partial charge in [-0.1, -0.05) is 12.1 Å². The van der Waals surface area contributed by atoms with Crippen LogP contribution in [0.2, 0.25) is 0 Å². The number of aryl methyl sites for hydroxylation is 1. The minimum absolute atomic E-state index is 0.789. The van der Waals surface area contributed by atoms with Crippen molar-refractivity contribution in [2.75, 3.05) is 43.6 Å². The highest BCUT2D eigenvalue weighted by molar-refractivity contribution is 5.96. The molecule has 0 amide bonds. The van der Waals surface area contributed by atoms with Gasteiger partial charge in [0.05, 0.1) is 20.3 Å². The van der Waals surface area contributed by atoms with Crippen molar-refractivity contribution >= 4 is 28.0 Å². The van der Waals surface area contributed by atoms with E-state index < -0.39 is 0 Å². The van der Waals surface area contributed by atoms with Gasteiger partial charge in [-0.3, -0.25) is 0 Å². The summed E-state index contributed by atoms with van der Waals surface area (Å²) in [6, 6.07) is 16.6. The van der Waals surface area contributed by atoms with Gasteiger partial charge < -0.3 is 19.7 Å². The fraction of sp³-hybridized carbons (Fsp3) is 0.286. The number of methoxy groups -OCH3 is 1. The molecule has 0 bridgehead atoms. The van der Waals surface area contributed by atoms with Crippen molar-refractivity contribution in [3.8, 4) is 5.75 Å². The van der Waals surface area contributed by atoms with E-state index in [1.54, 1.807) is 7.11 Å². The van der Waals surface area contributed by atoms with Crippen LogP contribution in [0.4, 0.5) is 17.1 Å². The van der Waals surface area contributed by atoms with Crippen molar-refractivity contribution in [2.45, 2.75) is 6.92 Å². The smallest absolute Gasteiger partial charge is 0.145 e. The van der Waals surface area contributed by atoms with Gasteiger partial charge in [0.15, 0.2) is 0 Å². The van der Waals surface area contributed by atoms with Crippen molar-refractivity contribution in [1.29, 1.82) is 0 Å². The van der Waals surface area contributed by atoms with Crippen LogP contribution < -0.4 is 15.0 Å². The van der Waals surface area contributed by atoms with Gasteiger partial charge in [0, 0.05) is 41.2 Å². The predicted octanol–water partition coefficient (Wildman–Crippen LogP) is 4.13. The first kappa shape index (κ1) is 16.7. The number of ether oxygens (including phenoxy) is 2. The Bertz CT molecular complexity index is 903. The van der Waals surface area contributed by atoms with Crippen molar-refractivity contribution in [3.05, 3.63) is 54.2 Å². The average Bonchev–Trinajstić information content (AvgIpc) is 2.69. The summed E-state index contributed by atoms with van der Waals surface area (Å²) in [6.45, 7) is 5.48. The molecule has 0 spiro atoms. The SMILES string of the molecule is COc1cccc2c(Nc3ccc(N4CCOCC4)cc3)cc(C)nc12. The first-order valence-corrected chi connectivity index (χ1v) is 8.89. The Morgan fingerprint density at radius 3 is 2.58 bits per heavy atom. The van der Waals surface area contributed by atoms with Crippen LogP contribution in [0.3, 0.4) is 0 Å². The number of nitrogens with zero attached hydrogens (tertiary/aromatic N) is 2. The van der Waals surface area contributed by atoms with Gasteiger partial charge in [-0.2, -0.15) is 0 Å². The van der Waals surface area contributed by atoms with E-state index in [0.29, 0.717) is 0 Å². The molecule has 0 saturated carbocycles. The fourth-order valence-electron chi connectivity index (χ4n) is 3.35. The fourth-order valence-corrected chi connectivity index (χ4v) is 3.35. The Morgan fingerprint density at radius 1 is 1.08 bits per heavy atom. The molecule has 0 radical (unpaired) electrons. The lowest BCUT2D eigenvalue weighted by molar-refractivity contribution is 0.122. The average molecular weight is 349 g/mol. The lowest BCUT2D eigenvalue weighted by atomic mass is 10.1. The Morgan fingerprint density at radius 2 is 1.85 bits per heavy atom. The number of anilines is 3. The standard InChI is InChI=1S/C21H23N3O2/c1-15-14-19(18-4-3-5-20(25-2)21(18)22-15)23-16-6-8-17(9-7-16)24-10-12-26-13-11-24/h3-9,14H,10-13H2,1-2H3,(H,22,23). The van der Waals surface area contributed by atoms with Gasteiger partial charge >= 0.3 is 0 Å². The van der Waals surface area contributed by atoms with Gasteiger partial charge in [0.1, 0.15) is 11.3 Å². The van der Waals surface area contributed by atoms with E-state index in [9.17, 15) is 0 Å². The first-order chi connectivity index (χ1) is 12.7. The maximum absolute atomic E-state index is 5.46. The quantitative estimate of drug-likeness (QED) is 0.767. The molecule has 1 N–H and O–H groups in total. The monoisotopic (exact) mass is 349 g/mol. The minimum Gasteiger partial charge on any atom is -0.494 e. The van der Waals surface area contributed by atoms with Crippen molar-refractivity contribution in [3.63, 3.8) is 0 Å². The topological polar surface area (TPSA) is 46.6 Å². The molecule has 0 atom stereocenters. The molecule has 1 aliphatic rings. The summed E-state index contributed by atoms with van der Waals surface area (Å²) in [5.41, 5.74) is 5.15. The Labute approximate surface area is 153 Å². The first-order valence-electron chi connectivity index (χ1n) is 8.89. The summed E-state index contributed by atoms with van der Waals surface area (Å²) in [5, 5.41) is 4.58. The van der Waals surface area contributed by atoms with Crippen LogP contribution in [0, 0.1) is 6.92 Å². The number of hydrogen-bond acceptors (Lipinski definition) is 5. The van der Waals surface area contributed by atoms with E-state index in [1.807, 2.05) is 19.1 Å². The van der Waals surface area contributed by atoms with Crippen LogP contribution >= 0.6 is 0 Å². The molecule has 5 heteroatoms. The largest absolute Gasteiger partial charge is 0.494 e. The summed E-state index contributed by atoms with van der Waals surface area (Å²) in [6.07, 6.45) is 0. The zero-order valence-corrected chi connectivity index (χ0v) is 15.2. The number of morpholine rings is 1. The van der Waals surface area contributed by atoms with Gasteiger partial charge in [-0.05, 0) is 43.3 Å². The molecule has 2 aromatic carbocycles. The lowest BCUT2D eigenvalue weighted by Crippen LogP contribution is -2.36. The number of hydrogen-bond donors (Lipinski definition) is 1. The lowest BCUT2D eigenvalue weighted by Gasteiger charge is -2.29. The van der Waals surface area contributed by atoms with Crippen LogP contribution in [0.15, 0.2) is 48.5 Å². The number of aromatic nitrogens is 1. The zero-order chi connectivity index (χ0) is 17.9. The van der Waals surface area contributed by atoms with Crippen molar-refractivity contribution < 1.29 is 9.47 Å². The summed E-state index contributed by atoms with van der Waals surface area (Å²) in [5.74, 6) is 0.789. The van der Waals surface area contributed by atoms with Gasteiger partial charge in [0.25, 0.3) is 0 Å². The van der Waals surface area contributed by atoms with E-state index in [2.05, 4.69) is 51.6 Å². The number of para-hydroxylation sites is 1. The van der Waals surface area contributed by atoms with Gasteiger partial charge in [-0.25, -0.2) is 4.98 Å². The molecular weight excluding hydrogens is 326 g/mol. The maximum Gasteiger partial charge on any atom is 0.145 e. The molecule has 4 rings (SSSR count). The van der Waals surface area contributed by atoms with E-state index in [0.717, 1.165) is 60.0 Å². The van der Waals surface area contributed by atoms with Crippen LogP contribution in [0.1, 0.15) is 5.69 Å². The molecule has 2 heterocycles. The molecule has 1 saturated heterocycles. The molecule has 0 unspecified atom stereocenters. The van der Waals surface area contributed by atoms with Gasteiger partial charge in [-0.15, -0.1) is 0 Å². The van der Waals surface area contributed by atoms with E-state index >= 15 is 0 Å². The molecule has 0 aliphatic carbocycles. The molecule has 1 aliphatic heterocycles. The highest BCUT2D eigenvalue weighted by atomic mass is 16.5. The van der Waals surface area contributed by atoms with Crippen LogP contribution in [0.25, 0.3) is 10.9 Å². The van der Waals surface area contributed by atoms with Crippen molar-refractivity contribution in [2.24, 2.45) is 0 Å².